The number of nitro groups is 1. The molecule has 0 saturated heterocycles. The number of aryl methyl sites for hydroxylation is 1. The van der Waals surface area contributed by atoms with E-state index in [9.17, 15) is 15.0 Å². The van der Waals surface area contributed by atoms with Crippen LogP contribution in [0.3, 0.4) is 0 Å². The van der Waals surface area contributed by atoms with Crippen LogP contribution in [0.5, 0.6) is 0 Å². The summed E-state index contributed by atoms with van der Waals surface area (Å²) in [5.41, 5.74) is 1.17. The lowest BCUT2D eigenvalue weighted by Crippen LogP contribution is -2.26. The maximum atomic E-state index is 11.3. The van der Waals surface area contributed by atoms with Gasteiger partial charge in [0.25, 0.3) is 5.69 Å². The number of benzene rings is 1. The lowest BCUT2D eigenvalue weighted by atomic mass is 10.2. The van der Waals surface area contributed by atoms with Gasteiger partial charge in [0.2, 0.25) is 6.20 Å². The molecular weight excluding hydrogens is 212 g/mol. The van der Waals surface area contributed by atoms with Crippen LogP contribution in [0.4, 0.5) is 5.69 Å². The first-order valence-electron chi connectivity index (χ1n) is 4.54. The van der Waals surface area contributed by atoms with Crippen LogP contribution < -0.4 is 4.54 Å². The van der Waals surface area contributed by atoms with E-state index >= 15 is 0 Å². The van der Waals surface area contributed by atoms with E-state index in [0.29, 0.717) is 10.2 Å². The molecule has 0 radical (unpaired) electrons. The molecule has 0 spiro atoms. The third-order valence-corrected chi connectivity index (χ3v) is 2.23. The second-order valence-electron chi connectivity index (χ2n) is 3.29. The second kappa shape index (κ2) is 3.61. The molecule has 1 aromatic heterocycles. The fraction of sp³-hybridized carbons (Fsp3) is 0.111. The van der Waals surface area contributed by atoms with Crippen LogP contribution in [0.25, 0.3) is 5.69 Å². The van der Waals surface area contributed by atoms with E-state index in [2.05, 4.69) is 5.10 Å². The van der Waals surface area contributed by atoms with Crippen molar-refractivity contribution in [3.05, 3.63) is 51.2 Å². The van der Waals surface area contributed by atoms with Crippen molar-refractivity contribution in [2.45, 2.75) is 6.92 Å². The molecule has 0 saturated carbocycles. The summed E-state index contributed by atoms with van der Waals surface area (Å²) in [5.74, 6) is 0. The van der Waals surface area contributed by atoms with E-state index in [1.54, 1.807) is 13.0 Å². The minimum atomic E-state index is -0.498. The van der Waals surface area contributed by atoms with E-state index in [4.69, 9.17) is 0 Å². The minimum Gasteiger partial charge on any atom is -0.258 e. The molecule has 0 amide bonds. The largest absolute Gasteiger partial charge is 0.271 e. The van der Waals surface area contributed by atoms with Gasteiger partial charge < -0.3 is 0 Å². The summed E-state index contributed by atoms with van der Waals surface area (Å²) in [7, 11) is 0. The van der Waals surface area contributed by atoms with Crippen LogP contribution in [0, 0.1) is 21.9 Å². The molecule has 16 heavy (non-hydrogen) atoms. The highest BCUT2D eigenvalue weighted by atomic mass is 16.6. The number of nitrogens with one attached hydrogen (secondary N) is 1. The molecule has 1 N–H and O–H groups in total. The van der Waals surface area contributed by atoms with E-state index < -0.39 is 4.92 Å². The van der Waals surface area contributed by atoms with Crippen LogP contribution >= 0.6 is 0 Å². The van der Waals surface area contributed by atoms with Gasteiger partial charge in [-0.1, -0.05) is 6.07 Å². The molecule has 0 aliphatic heterocycles. The summed E-state index contributed by atoms with van der Waals surface area (Å²) in [6.45, 7) is 1.77. The molecule has 1 aromatic carbocycles. The Hall–Kier alpha value is -2.44. The number of nitrogens with zero attached hydrogens (tertiary/aromatic N) is 3. The number of aromatic amines is 1. The molecule has 0 bridgehead atoms. The summed E-state index contributed by atoms with van der Waals surface area (Å²) >= 11 is 0. The van der Waals surface area contributed by atoms with E-state index in [1.165, 1.54) is 29.3 Å². The molecule has 2 rings (SSSR count). The minimum absolute atomic E-state index is 0.0531. The molecular formula is C9H9N4O3+. The van der Waals surface area contributed by atoms with E-state index in [-0.39, 0.29) is 5.69 Å². The summed E-state index contributed by atoms with van der Waals surface area (Å²) in [6, 6.07) is 4.35. The average molecular weight is 221 g/mol. The Morgan fingerprint density at radius 2 is 2.25 bits per heavy atom. The number of non-ortho nitro benzene ring substituents is 1. The van der Waals surface area contributed by atoms with Gasteiger partial charge in [0.1, 0.15) is 5.69 Å². The normalized spacial score (nSPS) is 10.3. The fourth-order valence-corrected chi connectivity index (χ4v) is 1.41. The van der Waals surface area contributed by atoms with E-state index in [1.807, 2.05) is 0 Å². The smallest absolute Gasteiger partial charge is 0.258 e. The lowest BCUT2D eigenvalue weighted by molar-refractivity contribution is -0.586. The van der Waals surface area contributed by atoms with Crippen molar-refractivity contribution in [1.82, 2.24) is 9.90 Å². The molecule has 7 nitrogen and oxygen atoms in total. The van der Waals surface area contributed by atoms with Crippen molar-refractivity contribution in [2.75, 3.05) is 0 Å². The highest BCUT2D eigenvalue weighted by Crippen LogP contribution is 2.18. The molecule has 0 unspecified atom stereocenters. The van der Waals surface area contributed by atoms with Gasteiger partial charge in [0, 0.05) is 12.1 Å². The molecule has 1 heterocycles. The van der Waals surface area contributed by atoms with Crippen LogP contribution in [-0.2, 0) is 0 Å². The van der Waals surface area contributed by atoms with Crippen molar-refractivity contribution in [3.8, 4) is 5.69 Å². The molecule has 0 aliphatic carbocycles. The SMILES string of the molecule is Cc1ccc([N+](=O)[O-])cc1-n1[nH]cc[n+]1=O. The lowest BCUT2D eigenvalue weighted by Gasteiger charge is -1.99. The highest BCUT2D eigenvalue weighted by Gasteiger charge is 2.14. The summed E-state index contributed by atoms with van der Waals surface area (Å²) in [4.78, 5) is 22.6. The predicted molar refractivity (Wildman–Crippen MR) is 54.9 cm³/mol. The second-order valence-corrected chi connectivity index (χ2v) is 3.29. The Labute approximate surface area is 89.7 Å². The van der Waals surface area contributed by atoms with Crippen molar-refractivity contribution in [3.63, 3.8) is 0 Å². The van der Waals surface area contributed by atoms with Gasteiger partial charge in [-0.05, 0) is 22.2 Å². The van der Waals surface area contributed by atoms with Gasteiger partial charge >= 0.3 is 0 Å². The van der Waals surface area contributed by atoms with Crippen LogP contribution in [0.15, 0.2) is 30.6 Å². The third-order valence-electron chi connectivity index (χ3n) is 2.23. The van der Waals surface area contributed by atoms with Crippen LogP contribution in [0.1, 0.15) is 5.56 Å². The zero-order valence-electron chi connectivity index (χ0n) is 8.45. The Kier molecular flexibility index (Phi) is 2.28. The predicted octanol–water partition coefficient (Wildman–Crippen LogP) is 0.937. The number of H-pyrrole nitrogens is 1. The Balaban J connectivity index is 2.65. The molecule has 7 heteroatoms. The van der Waals surface area contributed by atoms with Gasteiger partial charge in [-0.25, -0.2) is 0 Å². The Morgan fingerprint density at radius 1 is 1.50 bits per heavy atom. The number of hydrogen-bond donors (Lipinski definition) is 1. The van der Waals surface area contributed by atoms with Gasteiger partial charge in [-0.2, -0.15) is 5.10 Å². The monoisotopic (exact) mass is 221 g/mol. The first-order valence-corrected chi connectivity index (χ1v) is 4.54. The zero-order valence-corrected chi connectivity index (χ0v) is 8.45. The zero-order chi connectivity index (χ0) is 11.7. The molecule has 0 fully saturated rings. The molecule has 0 atom stereocenters. The number of nitro benzene ring substituents is 1. The van der Waals surface area contributed by atoms with Crippen molar-refractivity contribution < 1.29 is 9.47 Å². The van der Waals surface area contributed by atoms with Gasteiger partial charge in [-0.3, -0.25) is 10.1 Å². The maximum Gasteiger partial charge on any atom is 0.271 e. The summed E-state index contributed by atoms with van der Waals surface area (Å²) < 4.78 is 0.562. The van der Waals surface area contributed by atoms with Gasteiger partial charge in [-0.15, -0.1) is 0 Å². The third kappa shape index (κ3) is 1.58. The average Bonchev–Trinajstić information content (AvgIpc) is 2.65. The van der Waals surface area contributed by atoms with E-state index in [0.717, 1.165) is 5.56 Å². The highest BCUT2D eigenvalue weighted by molar-refractivity contribution is 5.47. The molecule has 82 valence electrons. The standard InChI is InChI=1S/C9H9N4O3/c1-7-2-3-8(13(15)16)6-9(7)12-10-4-5-11(12)14/h2-6,10H,1H3/q+1. The molecule has 0 aliphatic rings. The van der Waals surface area contributed by atoms with Crippen molar-refractivity contribution in [1.29, 1.82) is 0 Å². The van der Waals surface area contributed by atoms with Crippen molar-refractivity contribution in [2.24, 2.45) is 0 Å². The maximum absolute atomic E-state index is 11.3. The Bertz CT molecular complexity index is 599. The first-order chi connectivity index (χ1) is 7.59. The first kappa shape index (κ1) is 10.1. The quantitative estimate of drug-likeness (QED) is 0.465. The number of rotatable bonds is 2. The topological polar surface area (TPSA) is 86.8 Å². The van der Waals surface area contributed by atoms with Crippen LogP contribution in [-0.4, -0.2) is 14.8 Å². The van der Waals surface area contributed by atoms with Gasteiger partial charge in [0.15, 0.2) is 6.20 Å². The number of hydrogen-bond acceptors (Lipinski definition) is 3. The Morgan fingerprint density at radius 3 is 2.81 bits per heavy atom. The van der Waals surface area contributed by atoms with Crippen LogP contribution in [0.2, 0.25) is 0 Å². The summed E-state index contributed by atoms with van der Waals surface area (Å²) in [6.07, 6.45) is 2.73. The number of aromatic nitrogens is 3. The molecule has 2 aromatic rings. The van der Waals surface area contributed by atoms with Gasteiger partial charge in [0.05, 0.1) is 9.47 Å². The van der Waals surface area contributed by atoms with Crippen molar-refractivity contribution >= 4 is 5.69 Å². The summed E-state index contributed by atoms with van der Waals surface area (Å²) in [5, 5.41) is 13.3. The fourth-order valence-electron chi connectivity index (χ4n) is 1.41.